The molecule has 0 spiro atoms. The molecule has 0 bridgehead atoms. The van der Waals surface area contributed by atoms with Crippen molar-refractivity contribution in [3.8, 4) is 5.88 Å². The van der Waals surface area contributed by atoms with Crippen LogP contribution in [0, 0.1) is 18.8 Å². The van der Waals surface area contributed by atoms with Gasteiger partial charge in [0.25, 0.3) is 0 Å². The molecule has 168 valence electrons. The molecule has 0 radical (unpaired) electrons. The number of nitrogens with zero attached hydrogens (tertiary/aromatic N) is 5. The van der Waals surface area contributed by atoms with Crippen molar-refractivity contribution in [2.45, 2.75) is 38.5 Å². The monoisotopic (exact) mass is 439 g/mol. The highest BCUT2D eigenvalue weighted by Crippen LogP contribution is 2.44. The molecule has 1 saturated heterocycles. The van der Waals surface area contributed by atoms with E-state index >= 15 is 0 Å². The number of hydrogen-bond donors (Lipinski definition) is 0. The van der Waals surface area contributed by atoms with Crippen LogP contribution in [0.15, 0.2) is 73.2 Å². The third kappa shape index (κ3) is 4.00. The fraction of sp³-hybridized carbons (Fsp3) is 0.370. The van der Waals surface area contributed by atoms with Gasteiger partial charge < -0.3 is 9.30 Å². The van der Waals surface area contributed by atoms with Gasteiger partial charge in [-0.05, 0) is 49.3 Å². The summed E-state index contributed by atoms with van der Waals surface area (Å²) in [6.07, 6.45) is 7.25. The lowest BCUT2D eigenvalue weighted by Crippen LogP contribution is -2.40. The zero-order chi connectivity index (χ0) is 22.2. The molecule has 6 rings (SSSR count). The van der Waals surface area contributed by atoms with Crippen LogP contribution in [0.1, 0.15) is 30.3 Å². The zero-order valence-corrected chi connectivity index (χ0v) is 18.9. The van der Waals surface area contributed by atoms with E-state index in [0.29, 0.717) is 17.7 Å². The molecule has 2 fully saturated rings. The lowest BCUT2D eigenvalue weighted by Gasteiger charge is -2.39. The Kier molecular flexibility index (Phi) is 5.30. The van der Waals surface area contributed by atoms with E-state index in [4.69, 9.17) is 9.72 Å². The number of likely N-dealkylation sites (tertiary alicyclic amines) is 1. The minimum atomic E-state index is 0.0379. The summed E-state index contributed by atoms with van der Waals surface area (Å²) in [7, 11) is 0. The minimum Gasteiger partial charge on any atom is -0.471 e. The van der Waals surface area contributed by atoms with Crippen molar-refractivity contribution in [2.24, 2.45) is 11.8 Å². The highest BCUT2D eigenvalue weighted by Gasteiger charge is 2.44. The Morgan fingerprint density at radius 1 is 0.939 bits per heavy atom. The number of hydrogen-bond acceptors (Lipinski definition) is 5. The van der Waals surface area contributed by atoms with Gasteiger partial charge in [-0.2, -0.15) is 0 Å². The Morgan fingerprint density at radius 3 is 2.55 bits per heavy atom. The van der Waals surface area contributed by atoms with Crippen molar-refractivity contribution in [1.29, 1.82) is 0 Å². The Bertz CT molecular complexity index is 1230. The highest BCUT2D eigenvalue weighted by atomic mass is 16.5. The van der Waals surface area contributed by atoms with Gasteiger partial charge in [-0.25, -0.2) is 9.97 Å². The predicted molar refractivity (Wildman–Crippen MR) is 128 cm³/mol. The maximum atomic E-state index is 6.52. The van der Waals surface area contributed by atoms with Crippen LogP contribution >= 0.6 is 0 Å². The topological polar surface area (TPSA) is 56.1 Å². The number of aromatic nitrogens is 4. The van der Waals surface area contributed by atoms with Gasteiger partial charge in [0, 0.05) is 32.0 Å². The lowest BCUT2D eigenvalue weighted by molar-refractivity contribution is 0.0519. The summed E-state index contributed by atoms with van der Waals surface area (Å²) >= 11 is 0. The normalized spacial score (nSPS) is 25.2. The van der Waals surface area contributed by atoms with Gasteiger partial charge in [0.05, 0.1) is 23.3 Å². The van der Waals surface area contributed by atoms with E-state index < -0.39 is 0 Å². The van der Waals surface area contributed by atoms with Crippen LogP contribution in [-0.2, 0) is 6.54 Å². The first-order chi connectivity index (χ1) is 16.2. The van der Waals surface area contributed by atoms with Gasteiger partial charge in [0.15, 0.2) is 0 Å². The smallest absolute Gasteiger partial charge is 0.232 e. The van der Waals surface area contributed by atoms with E-state index in [0.717, 1.165) is 43.8 Å². The van der Waals surface area contributed by atoms with E-state index in [1.165, 1.54) is 11.1 Å². The summed E-state index contributed by atoms with van der Waals surface area (Å²) in [4.78, 5) is 16.1. The molecule has 0 N–H and O–H groups in total. The average Bonchev–Trinajstić information content (AvgIpc) is 3.38. The quantitative estimate of drug-likeness (QED) is 0.452. The molecule has 2 aromatic heterocycles. The van der Waals surface area contributed by atoms with Crippen LogP contribution in [0.3, 0.4) is 0 Å². The number of fused-ring (bicyclic) bond motifs is 2. The van der Waals surface area contributed by atoms with E-state index in [1.54, 1.807) is 18.6 Å². The molecule has 2 aromatic carbocycles. The molecule has 1 aliphatic heterocycles. The number of rotatable bonds is 5. The molecule has 4 atom stereocenters. The van der Waals surface area contributed by atoms with Crippen molar-refractivity contribution in [1.82, 2.24) is 24.4 Å². The van der Waals surface area contributed by atoms with Crippen LogP contribution in [-0.4, -0.2) is 43.6 Å². The summed E-state index contributed by atoms with van der Waals surface area (Å²) in [5.74, 6) is 2.93. The van der Waals surface area contributed by atoms with E-state index in [1.807, 2.05) is 0 Å². The van der Waals surface area contributed by atoms with Crippen LogP contribution in [0.2, 0.25) is 0 Å². The Labute approximate surface area is 194 Å². The van der Waals surface area contributed by atoms with Crippen LogP contribution < -0.4 is 4.74 Å². The second kappa shape index (κ2) is 8.60. The van der Waals surface area contributed by atoms with E-state index in [-0.39, 0.29) is 12.1 Å². The second-order valence-electron chi connectivity index (χ2n) is 9.46. The molecule has 0 amide bonds. The summed E-state index contributed by atoms with van der Waals surface area (Å²) in [5.41, 5.74) is 3.62. The fourth-order valence-electron chi connectivity index (χ4n) is 5.94. The number of ether oxygens (including phenoxy) is 1. The summed E-state index contributed by atoms with van der Waals surface area (Å²) < 4.78 is 8.93. The van der Waals surface area contributed by atoms with Gasteiger partial charge in [-0.1, -0.05) is 42.5 Å². The summed E-state index contributed by atoms with van der Waals surface area (Å²) in [5, 5.41) is 0. The Hall–Kier alpha value is -3.25. The van der Waals surface area contributed by atoms with E-state index in [2.05, 4.69) is 81.0 Å². The number of imidazole rings is 1. The molecule has 1 saturated carbocycles. The largest absolute Gasteiger partial charge is 0.471 e. The molecule has 4 aromatic rings. The van der Waals surface area contributed by atoms with Crippen molar-refractivity contribution in [3.63, 3.8) is 0 Å². The van der Waals surface area contributed by atoms with Gasteiger partial charge >= 0.3 is 0 Å². The second-order valence-corrected chi connectivity index (χ2v) is 9.46. The van der Waals surface area contributed by atoms with Gasteiger partial charge in [-0.15, -0.1) is 0 Å². The number of aryl methyl sites for hydroxylation is 1. The molecule has 3 heterocycles. The summed E-state index contributed by atoms with van der Waals surface area (Å²) in [6.45, 7) is 5.39. The Morgan fingerprint density at radius 2 is 1.73 bits per heavy atom. The molecule has 33 heavy (non-hydrogen) atoms. The molecule has 6 heteroatoms. The third-order valence-corrected chi connectivity index (χ3v) is 7.32. The SMILES string of the molecule is Cc1nc2ccccc2n1[C@H]1C[C@H]2CN(Cc3ccccc3)C[C@H]2C[C@@H]1Oc1cnccn1. The third-order valence-electron chi connectivity index (χ3n) is 7.32. The van der Waals surface area contributed by atoms with Gasteiger partial charge in [0.2, 0.25) is 5.88 Å². The molecular weight excluding hydrogens is 410 g/mol. The van der Waals surface area contributed by atoms with Crippen molar-refractivity contribution in [2.75, 3.05) is 13.1 Å². The molecule has 0 unspecified atom stereocenters. The standard InChI is InChI=1S/C27H29N5O/c1-19-30-23-9-5-6-10-24(23)32(19)25-13-21-17-31(16-20-7-3-2-4-8-20)18-22(21)14-26(25)33-27-15-28-11-12-29-27/h2-12,15,21-22,25-26H,13-14,16-18H2,1H3/t21-,22+,25-,26-/m0/s1. The molecule has 6 nitrogen and oxygen atoms in total. The predicted octanol–water partition coefficient (Wildman–Crippen LogP) is 4.67. The minimum absolute atomic E-state index is 0.0379. The maximum absolute atomic E-state index is 6.52. The first kappa shape index (κ1) is 20.4. The number of benzene rings is 2. The number of para-hydroxylation sites is 2. The molecular formula is C27H29N5O. The average molecular weight is 440 g/mol. The van der Waals surface area contributed by atoms with Crippen molar-refractivity contribution < 1.29 is 4.74 Å². The van der Waals surface area contributed by atoms with Crippen molar-refractivity contribution in [3.05, 3.63) is 84.6 Å². The fourth-order valence-corrected chi connectivity index (χ4v) is 5.94. The lowest BCUT2D eigenvalue weighted by atomic mass is 9.77. The maximum Gasteiger partial charge on any atom is 0.232 e. The van der Waals surface area contributed by atoms with E-state index in [9.17, 15) is 0 Å². The first-order valence-electron chi connectivity index (χ1n) is 11.9. The van der Waals surface area contributed by atoms with Crippen LogP contribution in [0.4, 0.5) is 0 Å². The highest BCUT2D eigenvalue weighted by molar-refractivity contribution is 5.76. The molecule has 2 aliphatic rings. The van der Waals surface area contributed by atoms with Crippen LogP contribution in [0.5, 0.6) is 5.88 Å². The Balaban J connectivity index is 1.30. The first-order valence-corrected chi connectivity index (χ1v) is 11.9. The summed E-state index contributed by atoms with van der Waals surface area (Å²) in [6, 6.07) is 19.5. The van der Waals surface area contributed by atoms with Gasteiger partial charge in [-0.3, -0.25) is 9.88 Å². The molecule has 1 aliphatic carbocycles. The van der Waals surface area contributed by atoms with Gasteiger partial charge in [0.1, 0.15) is 11.9 Å². The zero-order valence-electron chi connectivity index (χ0n) is 18.9. The van der Waals surface area contributed by atoms with Crippen LogP contribution in [0.25, 0.3) is 11.0 Å². The van der Waals surface area contributed by atoms with Crippen molar-refractivity contribution >= 4 is 11.0 Å².